The summed E-state index contributed by atoms with van der Waals surface area (Å²) in [5, 5.41) is 11.6. The Kier molecular flexibility index (Phi) is 3.30. The second kappa shape index (κ2) is 5.28. The van der Waals surface area contributed by atoms with Crippen molar-refractivity contribution in [3.05, 3.63) is 70.5 Å². The molecule has 3 rings (SSSR count). The normalized spacial score (nSPS) is 10.6. The number of pyridine rings is 1. The van der Waals surface area contributed by atoms with E-state index >= 15 is 0 Å². The average molecular weight is 299 g/mol. The lowest BCUT2D eigenvalue weighted by molar-refractivity contribution is 0.0696. The third-order valence-electron chi connectivity index (χ3n) is 3.15. The summed E-state index contributed by atoms with van der Waals surface area (Å²) in [7, 11) is 0. The van der Waals surface area contributed by atoms with E-state index in [1.165, 1.54) is 53.5 Å². The van der Waals surface area contributed by atoms with Crippen LogP contribution in [-0.2, 0) is 0 Å². The number of carboxylic acid groups (broad SMARTS) is 1. The summed E-state index contributed by atoms with van der Waals surface area (Å²) in [4.78, 5) is 27.1. The zero-order valence-electron chi connectivity index (χ0n) is 11.2. The summed E-state index contributed by atoms with van der Waals surface area (Å²) in [5.74, 6) is -1.21. The second-order valence-electron chi connectivity index (χ2n) is 4.54. The molecule has 7 heteroatoms. The monoisotopic (exact) mass is 299 g/mol. The van der Waals surface area contributed by atoms with Gasteiger partial charge >= 0.3 is 5.97 Å². The van der Waals surface area contributed by atoms with E-state index in [2.05, 4.69) is 10.1 Å². The summed E-state index contributed by atoms with van der Waals surface area (Å²) >= 11 is 0. The average Bonchev–Trinajstić information content (AvgIpc) is 2.90. The summed E-state index contributed by atoms with van der Waals surface area (Å²) in [6, 6.07) is 8.33. The molecule has 1 aromatic carbocycles. The zero-order chi connectivity index (χ0) is 15.7. The number of rotatable bonds is 3. The zero-order valence-corrected chi connectivity index (χ0v) is 11.2. The number of carbonyl (C=O) groups is 1. The van der Waals surface area contributed by atoms with Crippen LogP contribution in [0.1, 0.15) is 10.4 Å². The molecule has 0 atom stereocenters. The number of nitrogens with one attached hydrogen (secondary N) is 1. The van der Waals surface area contributed by atoms with Crippen LogP contribution in [0.4, 0.5) is 4.39 Å². The fourth-order valence-corrected chi connectivity index (χ4v) is 2.02. The molecule has 0 aliphatic rings. The van der Waals surface area contributed by atoms with E-state index < -0.39 is 5.97 Å². The largest absolute Gasteiger partial charge is 0.478 e. The maximum absolute atomic E-state index is 12.9. The van der Waals surface area contributed by atoms with Crippen LogP contribution in [0.5, 0.6) is 0 Å². The topological polar surface area (TPSA) is 88.0 Å². The van der Waals surface area contributed by atoms with Crippen molar-refractivity contribution in [1.82, 2.24) is 14.8 Å². The van der Waals surface area contributed by atoms with E-state index in [4.69, 9.17) is 5.11 Å². The molecule has 0 spiro atoms. The first-order valence-electron chi connectivity index (χ1n) is 6.32. The van der Waals surface area contributed by atoms with Crippen LogP contribution in [0, 0.1) is 5.82 Å². The molecule has 3 aromatic rings. The van der Waals surface area contributed by atoms with E-state index in [0.29, 0.717) is 11.1 Å². The van der Waals surface area contributed by atoms with Crippen molar-refractivity contribution in [3.63, 3.8) is 0 Å². The van der Waals surface area contributed by atoms with Gasteiger partial charge in [0.25, 0.3) is 5.56 Å². The number of aromatic carboxylic acids is 1. The molecule has 0 radical (unpaired) electrons. The molecule has 0 saturated heterocycles. The summed E-state index contributed by atoms with van der Waals surface area (Å²) in [5.41, 5.74) is 0.608. The molecule has 0 bridgehead atoms. The molecule has 2 N–H and O–H groups in total. The van der Waals surface area contributed by atoms with Crippen LogP contribution in [0.3, 0.4) is 0 Å². The lowest BCUT2D eigenvalue weighted by Crippen LogP contribution is -2.17. The van der Waals surface area contributed by atoms with Crippen LogP contribution < -0.4 is 5.56 Å². The maximum Gasteiger partial charge on any atom is 0.337 e. The van der Waals surface area contributed by atoms with Crippen LogP contribution in [0.15, 0.2) is 53.6 Å². The van der Waals surface area contributed by atoms with Gasteiger partial charge in [-0.3, -0.25) is 9.89 Å². The Morgan fingerprint density at radius 3 is 2.50 bits per heavy atom. The molecular formula is C15H10FN3O3. The lowest BCUT2D eigenvalue weighted by atomic mass is 10.1. The molecule has 6 nitrogen and oxygen atoms in total. The Morgan fingerprint density at radius 2 is 1.91 bits per heavy atom. The van der Waals surface area contributed by atoms with E-state index in [9.17, 15) is 14.0 Å². The van der Waals surface area contributed by atoms with Crippen molar-refractivity contribution in [2.45, 2.75) is 0 Å². The highest BCUT2D eigenvalue weighted by Gasteiger charge is 2.11. The third-order valence-corrected chi connectivity index (χ3v) is 3.15. The standard InChI is InChI=1S/C15H10FN3O3/c16-11-4-1-9(2-5-11)12-8-18-19(14(12)20)13-6-3-10(7-17-13)15(21)22/h1-8,18H,(H,21,22). The maximum atomic E-state index is 12.9. The molecule has 2 aromatic heterocycles. The smallest absolute Gasteiger partial charge is 0.337 e. The van der Waals surface area contributed by atoms with Gasteiger partial charge in [-0.2, -0.15) is 0 Å². The first kappa shape index (κ1) is 13.7. The van der Waals surface area contributed by atoms with Gasteiger partial charge in [0.2, 0.25) is 0 Å². The fourth-order valence-electron chi connectivity index (χ4n) is 2.02. The number of H-pyrrole nitrogens is 1. The van der Waals surface area contributed by atoms with Crippen molar-refractivity contribution in [3.8, 4) is 16.9 Å². The fraction of sp³-hybridized carbons (Fsp3) is 0. The van der Waals surface area contributed by atoms with Gasteiger partial charge in [0.15, 0.2) is 5.82 Å². The number of nitrogens with zero attached hydrogens (tertiary/aromatic N) is 2. The molecule has 22 heavy (non-hydrogen) atoms. The molecule has 2 heterocycles. The molecule has 110 valence electrons. The van der Waals surface area contributed by atoms with Crippen LogP contribution in [0.25, 0.3) is 16.9 Å². The van der Waals surface area contributed by atoms with Gasteiger partial charge in [0.1, 0.15) is 5.82 Å². The molecule has 0 amide bonds. The van der Waals surface area contributed by atoms with Crippen molar-refractivity contribution in [2.24, 2.45) is 0 Å². The SMILES string of the molecule is O=C(O)c1ccc(-n2[nH]cc(-c3ccc(F)cc3)c2=O)nc1. The van der Waals surface area contributed by atoms with Crippen molar-refractivity contribution in [2.75, 3.05) is 0 Å². The van der Waals surface area contributed by atoms with E-state index in [0.717, 1.165) is 0 Å². The Balaban J connectivity index is 2.01. The minimum atomic E-state index is -1.09. The highest BCUT2D eigenvalue weighted by Crippen LogP contribution is 2.16. The molecule has 0 aliphatic carbocycles. The van der Waals surface area contributed by atoms with E-state index in [1.807, 2.05) is 0 Å². The van der Waals surface area contributed by atoms with Gasteiger partial charge < -0.3 is 5.11 Å². The molecule has 0 fully saturated rings. The first-order valence-corrected chi connectivity index (χ1v) is 6.32. The number of aromatic amines is 1. The van der Waals surface area contributed by atoms with Gasteiger partial charge in [-0.25, -0.2) is 18.9 Å². The van der Waals surface area contributed by atoms with Gasteiger partial charge in [0, 0.05) is 12.4 Å². The highest BCUT2D eigenvalue weighted by atomic mass is 19.1. The molecule has 0 unspecified atom stereocenters. The van der Waals surface area contributed by atoms with Crippen LogP contribution >= 0.6 is 0 Å². The summed E-state index contributed by atoms with van der Waals surface area (Å²) in [6.45, 7) is 0. The number of hydrogen-bond donors (Lipinski definition) is 2. The van der Waals surface area contributed by atoms with Gasteiger partial charge in [0.05, 0.1) is 11.1 Å². The number of carboxylic acids is 1. The van der Waals surface area contributed by atoms with Crippen LogP contribution in [-0.4, -0.2) is 25.8 Å². The third kappa shape index (κ3) is 2.39. The quantitative estimate of drug-likeness (QED) is 0.775. The second-order valence-corrected chi connectivity index (χ2v) is 4.54. The number of hydrogen-bond acceptors (Lipinski definition) is 3. The predicted molar refractivity (Wildman–Crippen MR) is 76.5 cm³/mol. The van der Waals surface area contributed by atoms with Crippen molar-refractivity contribution < 1.29 is 14.3 Å². The lowest BCUT2D eigenvalue weighted by Gasteiger charge is -2.00. The van der Waals surface area contributed by atoms with Crippen LogP contribution in [0.2, 0.25) is 0 Å². The van der Waals surface area contributed by atoms with E-state index in [1.54, 1.807) is 0 Å². The Bertz CT molecular complexity index is 880. The van der Waals surface area contributed by atoms with Gasteiger partial charge in [-0.1, -0.05) is 12.1 Å². The highest BCUT2D eigenvalue weighted by molar-refractivity contribution is 5.87. The minimum Gasteiger partial charge on any atom is -0.478 e. The Hall–Kier alpha value is -3.22. The molecular weight excluding hydrogens is 289 g/mol. The van der Waals surface area contributed by atoms with E-state index in [-0.39, 0.29) is 22.8 Å². The van der Waals surface area contributed by atoms with Crippen molar-refractivity contribution in [1.29, 1.82) is 0 Å². The first-order chi connectivity index (χ1) is 10.6. The van der Waals surface area contributed by atoms with Gasteiger partial charge in [-0.15, -0.1) is 0 Å². The molecule has 0 aliphatic heterocycles. The number of aromatic nitrogens is 3. The predicted octanol–water partition coefficient (Wildman–Crippen LogP) is 2.06. The number of halogens is 1. The summed E-state index contributed by atoms with van der Waals surface area (Å²) < 4.78 is 14.1. The number of benzene rings is 1. The van der Waals surface area contributed by atoms with Crippen molar-refractivity contribution >= 4 is 5.97 Å². The Morgan fingerprint density at radius 1 is 1.18 bits per heavy atom. The van der Waals surface area contributed by atoms with Gasteiger partial charge in [-0.05, 0) is 29.8 Å². The molecule has 0 saturated carbocycles. The summed E-state index contributed by atoms with van der Waals surface area (Å²) in [6.07, 6.45) is 2.66. The minimum absolute atomic E-state index is 0.0297. The Labute approximate surface area is 123 Å².